The first-order valence-electron chi connectivity index (χ1n) is 5.62. The lowest BCUT2D eigenvalue weighted by Crippen LogP contribution is -2.28. The van der Waals surface area contributed by atoms with E-state index in [4.69, 9.17) is 4.74 Å². The largest absolute Gasteiger partial charge is 0.445 e. The fourth-order valence-corrected chi connectivity index (χ4v) is 1.40. The van der Waals surface area contributed by atoms with E-state index in [1.54, 1.807) is 14.0 Å². The Morgan fingerprint density at radius 1 is 1.32 bits per heavy atom. The number of hydrogen-bond donors (Lipinski definition) is 2. The second kappa shape index (κ2) is 6.42. The summed E-state index contributed by atoms with van der Waals surface area (Å²) in [6.45, 7) is 2.18. The van der Waals surface area contributed by atoms with E-state index in [-0.39, 0.29) is 11.8 Å². The Bertz CT molecular complexity index is 418. The Labute approximate surface area is 108 Å². The number of anilines is 1. The molecule has 4 nitrogen and oxygen atoms in total. The van der Waals surface area contributed by atoms with Gasteiger partial charge in [-0.1, -0.05) is 0 Å². The third-order valence-electron chi connectivity index (χ3n) is 2.26. The molecule has 1 unspecified atom stereocenters. The summed E-state index contributed by atoms with van der Waals surface area (Å²) in [4.78, 5) is 11.4. The van der Waals surface area contributed by atoms with Gasteiger partial charge in [0.15, 0.2) is 0 Å². The maximum absolute atomic E-state index is 12.3. The van der Waals surface area contributed by atoms with Gasteiger partial charge in [0.05, 0.1) is 5.56 Å². The average molecular weight is 276 g/mol. The molecule has 0 aliphatic rings. The Morgan fingerprint density at radius 3 is 2.37 bits per heavy atom. The van der Waals surface area contributed by atoms with E-state index >= 15 is 0 Å². The van der Waals surface area contributed by atoms with Crippen LogP contribution < -0.4 is 10.6 Å². The first-order valence-corrected chi connectivity index (χ1v) is 5.62. The van der Waals surface area contributed by atoms with E-state index in [0.29, 0.717) is 6.54 Å². The molecule has 1 amide bonds. The summed E-state index contributed by atoms with van der Waals surface area (Å²) in [5, 5.41) is 5.18. The van der Waals surface area contributed by atoms with E-state index < -0.39 is 17.8 Å². The second-order valence-corrected chi connectivity index (χ2v) is 3.97. The number of ether oxygens (including phenoxy) is 1. The van der Waals surface area contributed by atoms with Crippen LogP contribution in [-0.4, -0.2) is 25.8 Å². The van der Waals surface area contributed by atoms with Crippen molar-refractivity contribution in [3.05, 3.63) is 29.8 Å². The van der Waals surface area contributed by atoms with Gasteiger partial charge in [0.2, 0.25) is 0 Å². The molecule has 19 heavy (non-hydrogen) atoms. The molecule has 106 valence electrons. The third-order valence-corrected chi connectivity index (χ3v) is 2.26. The number of amides is 1. The van der Waals surface area contributed by atoms with Crippen molar-refractivity contribution in [2.45, 2.75) is 19.2 Å². The Morgan fingerprint density at radius 2 is 1.89 bits per heavy atom. The molecule has 0 fully saturated rings. The van der Waals surface area contributed by atoms with E-state index in [1.807, 2.05) is 0 Å². The smallest absolute Gasteiger partial charge is 0.416 e. The molecule has 1 rings (SSSR count). The summed E-state index contributed by atoms with van der Waals surface area (Å²) < 4.78 is 41.9. The standard InChI is InChI=1S/C12H15F3N2O2/c1-8(7-16-2)19-11(18)17-10-5-3-9(4-6-10)12(13,14)15/h3-6,8,16H,7H2,1-2H3,(H,17,18). The van der Waals surface area contributed by atoms with Crippen LogP contribution in [0.2, 0.25) is 0 Å². The van der Waals surface area contributed by atoms with Crippen molar-refractivity contribution in [1.82, 2.24) is 5.32 Å². The number of alkyl halides is 3. The lowest BCUT2D eigenvalue weighted by atomic mass is 10.2. The van der Waals surface area contributed by atoms with Gasteiger partial charge in [0.25, 0.3) is 0 Å². The van der Waals surface area contributed by atoms with E-state index in [9.17, 15) is 18.0 Å². The minimum absolute atomic E-state index is 0.245. The van der Waals surface area contributed by atoms with Crippen molar-refractivity contribution in [3.63, 3.8) is 0 Å². The highest BCUT2D eigenvalue weighted by atomic mass is 19.4. The van der Waals surface area contributed by atoms with Crippen molar-refractivity contribution in [2.75, 3.05) is 18.9 Å². The van der Waals surface area contributed by atoms with Gasteiger partial charge in [-0.3, -0.25) is 5.32 Å². The van der Waals surface area contributed by atoms with Crippen molar-refractivity contribution in [2.24, 2.45) is 0 Å². The molecule has 7 heteroatoms. The van der Waals surface area contributed by atoms with Gasteiger partial charge in [-0.25, -0.2) is 4.79 Å². The Balaban J connectivity index is 2.56. The zero-order chi connectivity index (χ0) is 14.5. The van der Waals surface area contributed by atoms with Crippen LogP contribution in [0.5, 0.6) is 0 Å². The predicted molar refractivity (Wildman–Crippen MR) is 64.9 cm³/mol. The number of rotatable bonds is 4. The molecule has 0 bridgehead atoms. The second-order valence-electron chi connectivity index (χ2n) is 3.97. The zero-order valence-electron chi connectivity index (χ0n) is 10.5. The van der Waals surface area contributed by atoms with Crippen LogP contribution in [0.25, 0.3) is 0 Å². The van der Waals surface area contributed by atoms with Gasteiger partial charge in [-0.05, 0) is 38.2 Å². The highest BCUT2D eigenvalue weighted by molar-refractivity contribution is 5.84. The van der Waals surface area contributed by atoms with Crippen molar-refractivity contribution >= 4 is 11.8 Å². The van der Waals surface area contributed by atoms with Crippen LogP contribution in [0.1, 0.15) is 12.5 Å². The van der Waals surface area contributed by atoms with Crippen LogP contribution >= 0.6 is 0 Å². The fraction of sp³-hybridized carbons (Fsp3) is 0.417. The first-order chi connectivity index (χ1) is 8.82. The Kier molecular flexibility index (Phi) is 5.17. The monoisotopic (exact) mass is 276 g/mol. The van der Waals surface area contributed by atoms with Crippen LogP contribution in [0.15, 0.2) is 24.3 Å². The van der Waals surface area contributed by atoms with Crippen molar-refractivity contribution in [1.29, 1.82) is 0 Å². The first kappa shape index (κ1) is 15.3. The quantitative estimate of drug-likeness (QED) is 0.889. The predicted octanol–water partition coefficient (Wildman–Crippen LogP) is 2.86. The van der Waals surface area contributed by atoms with E-state index in [1.165, 1.54) is 12.1 Å². The molecule has 0 aliphatic heterocycles. The van der Waals surface area contributed by atoms with Crippen molar-refractivity contribution in [3.8, 4) is 0 Å². The van der Waals surface area contributed by atoms with Crippen LogP contribution in [0.3, 0.4) is 0 Å². The maximum atomic E-state index is 12.3. The zero-order valence-corrected chi connectivity index (χ0v) is 10.5. The van der Waals surface area contributed by atoms with E-state index in [0.717, 1.165) is 12.1 Å². The number of nitrogens with one attached hydrogen (secondary N) is 2. The summed E-state index contributed by atoms with van der Waals surface area (Å²) in [5.41, 5.74) is -0.523. The van der Waals surface area contributed by atoms with Crippen molar-refractivity contribution < 1.29 is 22.7 Å². The normalized spacial score (nSPS) is 12.9. The molecule has 0 aliphatic carbocycles. The number of likely N-dealkylation sites (N-methyl/N-ethyl adjacent to an activating group) is 1. The summed E-state index contributed by atoms with van der Waals surface area (Å²) in [7, 11) is 1.72. The lowest BCUT2D eigenvalue weighted by Gasteiger charge is -2.13. The topological polar surface area (TPSA) is 50.4 Å². The summed E-state index contributed by atoms with van der Waals surface area (Å²) >= 11 is 0. The molecular formula is C12H15F3N2O2. The average Bonchev–Trinajstić information content (AvgIpc) is 2.28. The number of halogens is 3. The van der Waals surface area contributed by atoms with Gasteiger partial charge in [0, 0.05) is 12.2 Å². The van der Waals surface area contributed by atoms with Gasteiger partial charge in [-0.2, -0.15) is 13.2 Å². The molecule has 1 aromatic rings. The molecule has 0 heterocycles. The van der Waals surface area contributed by atoms with Gasteiger partial charge >= 0.3 is 12.3 Å². The van der Waals surface area contributed by atoms with Gasteiger partial charge in [0.1, 0.15) is 6.10 Å². The lowest BCUT2D eigenvalue weighted by molar-refractivity contribution is -0.137. The number of carbonyl (C=O) groups excluding carboxylic acids is 1. The molecule has 0 saturated carbocycles. The minimum atomic E-state index is -4.39. The molecule has 0 radical (unpaired) electrons. The van der Waals surface area contributed by atoms with Crippen LogP contribution in [-0.2, 0) is 10.9 Å². The molecular weight excluding hydrogens is 261 g/mol. The number of carbonyl (C=O) groups is 1. The molecule has 0 aromatic heterocycles. The Hall–Kier alpha value is -1.76. The number of hydrogen-bond acceptors (Lipinski definition) is 3. The third kappa shape index (κ3) is 5.17. The molecule has 2 N–H and O–H groups in total. The maximum Gasteiger partial charge on any atom is 0.416 e. The highest BCUT2D eigenvalue weighted by Gasteiger charge is 2.29. The van der Waals surface area contributed by atoms with Gasteiger partial charge in [-0.15, -0.1) is 0 Å². The highest BCUT2D eigenvalue weighted by Crippen LogP contribution is 2.29. The summed E-state index contributed by atoms with van der Waals surface area (Å²) in [6.07, 6.45) is -5.43. The summed E-state index contributed by atoms with van der Waals surface area (Å²) in [6, 6.07) is 4.14. The SMILES string of the molecule is CNCC(C)OC(=O)Nc1ccc(C(F)(F)F)cc1. The van der Waals surface area contributed by atoms with Crippen LogP contribution in [0, 0.1) is 0 Å². The fourth-order valence-electron chi connectivity index (χ4n) is 1.40. The van der Waals surface area contributed by atoms with Crippen LogP contribution in [0.4, 0.5) is 23.7 Å². The molecule has 0 spiro atoms. The van der Waals surface area contributed by atoms with E-state index in [2.05, 4.69) is 10.6 Å². The molecule has 0 saturated heterocycles. The molecule has 1 atom stereocenters. The minimum Gasteiger partial charge on any atom is -0.445 e. The molecule has 1 aromatic carbocycles. The number of benzene rings is 1. The summed E-state index contributed by atoms with van der Waals surface area (Å²) in [5.74, 6) is 0. The van der Waals surface area contributed by atoms with Gasteiger partial charge < -0.3 is 10.1 Å².